The summed E-state index contributed by atoms with van der Waals surface area (Å²) >= 11 is 0. The quantitative estimate of drug-likeness (QED) is 0.0992. The van der Waals surface area contributed by atoms with Crippen molar-refractivity contribution in [1.82, 2.24) is 5.32 Å². The standard InChI is InChI=1S/C27H40N4O4.C2H4/c1-4-23-13-12-22(3)24(18-23)31-25(11-7-5-6-8-16-32)30-20-28-15-9-10-21(2)19-29-27(33)35-26-14-17-34-26;1-2/h5-8,12-13,18,20-21,26,32H,4,9-11,14-17,19H2,1-3H3,(H,29,33)(H,28,30,31);1-2H2/b7-5-,8-6-;. The van der Waals surface area contributed by atoms with Crippen molar-refractivity contribution in [2.45, 2.75) is 59.2 Å². The Morgan fingerprint density at radius 1 is 1.32 bits per heavy atom. The van der Waals surface area contributed by atoms with E-state index in [1.807, 2.05) is 18.2 Å². The van der Waals surface area contributed by atoms with Crippen LogP contribution in [0.1, 0.15) is 50.7 Å². The van der Waals surface area contributed by atoms with Gasteiger partial charge in [-0.05, 0) is 49.3 Å². The van der Waals surface area contributed by atoms with E-state index in [0.29, 0.717) is 32.0 Å². The zero-order chi connectivity index (χ0) is 27.3. The highest BCUT2D eigenvalue weighted by Crippen LogP contribution is 2.18. The molecule has 0 aliphatic carbocycles. The van der Waals surface area contributed by atoms with Crippen molar-refractivity contribution in [1.29, 1.82) is 0 Å². The number of carbonyl (C=O) groups is 1. The summed E-state index contributed by atoms with van der Waals surface area (Å²) in [5.74, 6) is 1.12. The van der Waals surface area contributed by atoms with Crippen molar-refractivity contribution < 1.29 is 19.4 Å². The molecule has 2 rings (SSSR count). The molecule has 2 atom stereocenters. The number of allylic oxidation sites excluding steroid dienone is 2. The Kier molecular flexibility index (Phi) is 17.1. The molecule has 1 fully saturated rings. The Morgan fingerprint density at radius 3 is 2.76 bits per heavy atom. The summed E-state index contributed by atoms with van der Waals surface area (Å²) in [7, 11) is 0. The number of carbonyl (C=O) groups excluding carboxylic acids is 1. The monoisotopic (exact) mass is 512 g/mol. The van der Waals surface area contributed by atoms with Gasteiger partial charge in [-0.15, -0.1) is 13.2 Å². The maximum Gasteiger partial charge on any atom is 0.409 e. The number of aliphatic imine (C=N–C) groups is 2. The number of nitrogens with one attached hydrogen (secondary N) is 2. The van der Waals surface area contributed by atoms with E-state index >= 15 is 0 Å². The van der Waals surface area contributed by atoms with Crippen LogP contribution in [0.5, 0.6) is 0 Å². The molecular weight excluding hydrogens is 468 g/mol. The van der Waals surface area contributed by atoms with Crippen molar-refractivity contribution in [3.05, 3.63) is 66.8 Å². The molecule has 1 heterocycles. The number of rotatable bonds is 14. The van der Waals surface area contributed by atoms with E-state index in [2.05, 4.69) is 72.7 Å². The zero-order valence-electron chi connectivity index (χ0n) is 22.6. The van der Waals surface area contributed by atoms with E-state index in [4.69, 9.17) is 14.6 Å². The molecule has 1 aromatic rings. The number of amidine groups is 1. The Bertz CT molecular complexity index is 907. The first-order valence-corrected chi connectivity index (χ1v) is 12.9. The maximum absolute atomic E-state index is 11.7. The number of aliphatic hydroxyl groups excluding tert-OH is 1. The second-order valence-corrected chi connectivity index (χ2v) is 8.59. The van der Waals surface area contributed by atoms with Crippen LogP contribution in [0.4, 0.5) is 10.5 Å². The smallest absolute Gasteiger partial charge is 0.409 e. The lowest BCUT2D eigenvalue weighted by Gasteiger charge is -2.26. The minimum atomic E-state index is -0.422. The molecule has 204 valence electrons. The molecule has 8 heteroatoms. The molecule has 0 bridgehead atoms. The summed E-state index contributed by atoms with van der Waals surface area (Å²) < 4.78 is 10.2. The number of hydrogen-bond acceptors (Lipinski definition) is 5. The first kappa shape index (κ1) is 31.8. The van der Waals surface area contributed by atoms with E-state index in [9.17, 15) is 4.79 Å². The van der Waals surface area contributed by atoms with Crippen molar-refractivity contribution in [3.8, 4) is 0 Å². The molecule has 1 aliphatic heterocycles. The summed E-state index contributed by atoms with van der Waals surface area (Å²) in [5.41, 5.74) is 3.46. The third kappa shape index (κ3) is 14.2. The van der Waals surface area contributed by atoms with Gasteiger partial charge in [-0.1, -0.05) is 50.3 Å². The minimum absolute atomic E-state index is 0.0212. The molecule has 1 aliphatic rings. The third-order valence-corrected chi connectivity index (χ3v) is 5.56. The molecule has 3 N–H and O–H groups in total. The second kappa shape index (κ2) is 19.9. The van der Waals surface area contributed by atoms with Crippen molar-refractivity contribution in [3.63, 3.8) is 0 Å². The number of alkyl carbamates (subject to hydrolysis) is 1. The SMILES string of the molecule is C=C.CCc1ccc(C)c(NC(C/C=C\C=C/CO)=NC=NCCCC(C)CNC(=O)OC2CCO2)c1. The highest BCUT2D eigenvalue weighted by molar-refractivity contribution is 6.00. The van der Waals surface area contributed by atoms with Crippen molar-refractivity contribution >= 4 is 24.0 Å². The molecule has 0 spiro atoms. The van der Waals surface area contributed by atoms with Gasteiger partial charge in [0.1, 0.15) is 12.2 Å². The van der Waals surface area contributed by atoms with E-state index in [1.165, 1.54) is 5.56 Å². The molecule has 2 unspecified atom stereocenters. The number of aryl methyl sites for hydroxylation is 2. The predicted molar refractivity (Wildman–Crippen MR) is 153 cm³/mol. The summed E-state index contributed by atoms with van der Waals surface area (Å²) in [5, 5.41) is 15.1. The van der Waals surface area contributed by atoms with Gasteiger partial charge in [-0.25, -0.2) is 9.79 Å². The largest absolute Gasteiger partial charge is 0.420 e. The molecule has 1 amide bonds. The summed E-state index contributed by atoms with van der Waals surface area (Å²) in [6.07, 6.45) is 12.4. The average Bonchev–Trinajstić information content (AvgIpc) is 2.89. The van der Waals surface area contributed by atoms with Crippen LogP contribution in [0.15, 0.2) is 65.6 Å². The fraction of sp³-hybridized carbons (Fsp3) is 0.483. The van der Waals surface area contributed by atoms with Gasteiger partial charge in [0, 0.05) is 31.6 Å². The zero-order valence-corrected chi connectivity index (χ0v) is 22.6. The minimum Gasteiger partial charge on any atom is -0.420 e. The van der Waals surface area contributed by atoms with Crippen LogP contribution in [0.25, 0.3) is 0 Å². The fourth-order valence-electron chi connectivity index (χ4n) is 3.24. The Labute approximate surface area is 222 Å². The number of benzene rings is 1. The number of nitrogens with zero attached hydrogens (tertiary/aromatic N) is 2. The summed E-state index contributed by atoms with van der Waals surface area (Å²) in [6.45, 7) is 14.2. The van der Waals surface area contributed by atoms with Crippen LogP contribution in [0.2, 0.25) is 0 Å². The molecule has 1 aromatic carbocycles. The van der Waals surface area contributed by atoms with Crippen molar-refractivity contribution in [2.24, 2.45) is 15.9 Å². The van der Waals surface area contributed by atoms with Crippen LogP contribution in [-0.2, 0) is 15.9 Å². The number of anilines is 1. The lowest BCUT2D eigenvalue weighted by atomic mass is 10.1. The van der Waals surface area contributed by atoms with Gasteiger partial charge in [0.15, 0.2) is 0 Å². The van der Waals surface area contributed by atoms with Gasteiger partial charge in [-0.2, -0.15) is 0 Å². The Hall–Kier alpha value is -3.23. The topological polar surface area (TPSA) is 105 Å². The highest BCUT2D eigenvalue weighted by atomic mass is 16.7. The molecule has 0 radical (unpaired) electrons. The molecule has 37 heavy (non-hydrogen) atoms. The number of aliphatic hydroxyl groups is 1. The molecule has 8 nitrogen and oxygen atoms in total. The fourth-order valence-corrected chi connectivity index (χ4v) is 3.24. The first-order valence-electron chi connectivity index (χ1n) is 12.9. The molecule has 0 saturated carbocycles. The normalized spacial score (nSPS) is 16.3. The van der Waals surface area contributed by atoms with E-state index in [-0.39, 0.29) is 12.9 Å². The van der Waals surface area contributed by atoms with E-state index in [0.717, 1.165) is 42.8 Å². The Morgan fingerprint density at radius 2 is 2.08 bits per heavy atom. The summed E-state index contributed by atoms with van der Waals surface area (Å²) in [4.78, 5) is 20.7. The lowest BCUT2D eigenvalue weighted by molar-refractivity contribution is -0.182. The second-order valence-electron chi connectivity index (χ2n) is 8.59. The van der Waals surface area contributed by atoms with Crippen LogP contribution >= 0.6 is 0 Å². The van der Waals surface area contributed by atoms with Gasteiger partial charge >= 0.3 is 6.09 Å². The van der Waals surface area contributed by atoms with Gasteiger partial charge in [0.2, 0.25) is 6.29 Å². The predicted octanol–water partition coefficient (Wildman–Crippen LogP) is 5.58. The molecule has 0 aromatic heterocycles. The maximum atomic E-state index is 11.7. The highest BCUT2D eigenvalue weighted by Gasteiger charge is 2.22. The van der Waals surface area contributed by atoms with Gasteiger partial charge in [0.05, 0.1) is 13.2 Å². The van der Waals surface area contributed by atoms with Crippen LogP contribution < -0.4 is 10.6 Å². The number of amides is 1. The number of hydrogen-bond donors (Lipinski definition) is 3. The van der Waals surface area contributed by atoms with Crippen LogP contribution in [0.3, 0.4) is 0 Å². The number of ether oxygens (including phenoxy) is 2. The molecular formula is C29H44N4O4. The lowest BCUT2D eigenvalue weighted by Crippen LogP contribution is -2.37. The van der Waals surface area contributed by atoms with Gasteiger partial charge in [0.25, 0.3) is 0 Å². The van der Waals surface area contributed by atoms with E-state index in [1.54, 1.807) is 12.4 Å². The van der Waals surface area contributed by atoms with E-state index < -0.39 is 6.09 Å². The van der Waals surface area contributed by atoms with Crippen LogP contribution in [-0.4, -0.2) is 56.0 Å². The first-order chi connectivity index (χ1) is 18.0. The van der Waals surface area contributed by atoms with Crippen molar-refractivity contribution in [2.75, 3.05) is 31.6 Å². The van der Waals surface area contributed by atoms with Gasteiger partial charge < -0.3 is 25.2 Å². The summed E-state index contributed by atoms with van der Waals surface area (Å²) in [6, 6.07) is 6.41. The van der Waals surface area contributed by atoms with Gasteiger partial charge in [-0.3, -0.25) is 4.99 Å². The molecule has 1 saturated heterocycles. The van der Waals surface area contributed by atoms with Crippen LogP contribution in [0, 0.1) is 12.8 Å². The average molecular weight is 513 g/mol. The third-order valence-electron chi connectivity index (χ3n) is 5.56. The Balaban J connectivity index is 0.00000334.